The van der Waals surface area contributed by atoms with E-state index in [9.17, 15) is 18.0 Å². The molecule has 2 aromatic rings. The average Bonchev–Trinajstić information content (AvgIpc) is 3.12. The highest BCUT2D eigenvalue weighted by atomic mass is 35.5. The lowest BCUT2D eigenvalue weighted by Crippen LogP contribution is -2.13. The topological polar surface area (TPSA) is 69.1 Å². The van der Waals surface area contributed by atoms with Gasteiger partial charge in [-0.1, -0.05) is 17.3 Å². The molecule has 0 aliphatic heterocycles. The Bertz CT molecular complexity index is 756. The molecule has 2 N–H and O–H groups in total. The summed E-state index contributed by atoms with van der Waals surface area (Å²) in [5.74, 6) is -0.868. The monoisotopic (exact) mass is 358 g/mol. The maximum atomic E-state index is 12.7. The normalized spacial score (nSPS) is 21.2. The second-order valence-corrected chi connectivity index (χ2v) is 6.44. The van der Waals surface area contributed by atoms with E-state index >= 15 is 0 Å². The molecular weight excluding hydrogens is 345 g/mol. The summed E-state index contributed by atoms with van der Waals surface area (Å²) in [5, 5.41) is 3.85. The van der Waals surface area contributed by atoms with Crippen LogP contribution in [0, 0.1) is 0 Å². The van der Waals surface area contributed by atoms with Gasteiger partial charge in [0.15, 0.2) is 0 Å². The van der Waals surface area contributed by atoms with E-state index in [0.717, 1.165) is 25.0 Å². The quantitative estimate of drug-likeness (QED) is 0.830. The number of rotatable bonds is 3. The zero-order valence-electron chi connectivity index (χ0n) is 12.4. The third kappa shape index (κ3) is 3.13. The Morgan fingerprint density at radius 1 is 1.25 bits per heavy atom. The first-order chi connectivity index (χ1) is 11.3. The number of halogens is 4. The van der Waals surface area contributed by atoms with Crippen LogP contribution in [-0.4, -0.2) is 16.4 Å². The van der Waals surface area contributed by atoms with Gasteiger partial charge < -0.3 is 10.3 Å². The third-order valence-electron chi connectivity index (χ3n) is 4.21. The second kappa shape index (κ2) is 6.12. The van der Waals surface area contributed by atoms with Crippen LogP contribution in [-0.2, 0) is 6.18 Å². The van der Waals surface area contributed by atoms with Gasteiger partial charge >= 0.3 is 6.18 Å². The van der Waals surface area contributed by atoms with Gasteiger partial charge in [-0.15, -0.1) is 11.6 Å². The molecule has 1 aliphatic carbocycles. The van der Waals surface area contributed by atoms with E-state index in [1.807, 2.05) is 0 Å². The molecule has 2 atom stereocenters. The molecule has 1 aliphatic rings. The predicted octanol–water partition coefficient (Wildman–Crippen LogP) is 4.33. The van der Waals surface area contributed by atoms with Crippen molar-refractivity contribution in [1.29, 1.82) is 0 Å². The fourth-order valence-corrected chi connectivity index (χ4v) is 3.41. The largest absolute Gasteiger partial charge is 0.416 e. The number of benzene rings is 1. The standard InChI is InChI=1S/C16H14ClF3N2O2/c17-11-6-3-9(7-11)12-13(22-24-14(12)15(21)23)8-1-4-10(5-2-8)16(18,19)20/h1-2,4-5,9,11H,3,6-7H2,(H2,21,23). The SMILES string of the molecule is NC(=O)c1onc(-c2ccc(C(F)(F)F)cc2)c1C1CCC(Cl)C1. The van der Waals surface area contributed by atoms with Crippen molar-refractivity contribution in [2.24, 2.45) is 5.73 Å². The summed E-state index contributed by atoms with van der Waals surface area (Å²) in [6.07, 6.45) is -2.26. The highest BCUT2D eigenvalue weighted by Crippen LogP contribution is 2.43. The minimum Gasteiger partial charge on any atom is -0.363 e. The molecule has 0 saturated heterocycles. The molecule has 128 valence electrons. The van der Waals surface area contributed by atoms with E-state index in [-0.39, 0.29) is 17.1 Å². The minimum atomic E-state index is -4.42. The van der Waals surface area contributed by atoms with E-state index < -0.39 is 17.6 Å². The summed E-state index contributed by atoms with van der Waals surface area (Å²) >= 11 is 6.13. The Kier molecular flexibility index (Phi) is 4.29. The molecule has 1 aromatic heterocycles. The molecule has 0 bridgehead atoms. The molecule has 3 rings (SSSR count). The van der Waals surface area contributed by atoms with Crippen LogP contribution >= 0.6 is 11.6 Å². The lowest BCUT2D eigenvalue weighted by atomic mass is 9.92. The van der Waals surface area contributed by atoms with Gasteiger partial charge in [-0.25, -0.2) is 0 Å². The number of amides is 1. The lowest BCUT2D eigenvalue weighted by molar-refractivity contribution is -0.137. The second-order valence-electron chi connectivity index (χ2n) is 5.82. The summed E-state index contributed by atoms with van der Waals surface area (Å²) < 4.78 is 43.1. The molecule has 1 fully saturated rings. The summed E-state index contributed by atoms with van der Waals surface area (Å²) in [5.41, 5.74) is 5.89. The first-order valence-corrected chi connectivity index (χ1v) is 7.82. The van der Waals surface area contributed by atoms with Crippen LogP contribution in [0.3, 0.4) is 0 Å². The van der Waals surface area contributed by atoms with E-state index in [4.69, 9.17) is 21.9 Å². The smallest absolute Gasteiger partial charge is 0.363 e. The number of carbonyl (C=O) groups excluding carboxylic acids is 1. The van der Waals surface area contributed by atoms with Crippen LogP contribution < -0.4 is 5.73 Å². The zero-order valence-corrected chi connectivity index (χ0v) is 13.2. The van der Waals surface area contributed by atoms with Gasteiger partial charge in [0.1, 0.15) is 5.69 Å². The number of carbonyl (C=O) groups is 1. The maximum absolute atomic E-state index is 12.7. The fourth-order valence-electron chi connectivity index (χ4n) is 3.07. The summed E-state index contributed by atoms with van der Waals surface area (Å²) in [6.45, 7) is 0. The van der Waals surface area contributed by atoms with Crippen LogP contribution in [0.1, 0.15) is 46.9 Å². The zero-order chi connectivity index (χ0) is 17.5. The molecule has 1 aromatic carbocycles. The average molecular weight is 359 g/mol. The van der Waals surface area contributed by atoms with E-state index in [1.54, 1.807) is 0 Å². The van der Waals surface area contributed by atoms with Crippen molar-refractivity contribution in [3.8, 4) is 11.3 Å². The Hall–Kier alpha value is -2.02. The highest BCUT2D eigenvalue weighted by molar-refractivity contribution is 6.20. The Balaban J connectivity index is 2.03. The van der Waals surface area contributed by atoms with Crippen molar-refractivity contribution in [1.82, 2.24) is 5.16 Å². The van der Waals surface area contributed by atoms with Crippen molar-refractivity contribution in [2.75, 3.05) is 0 Å². The molecule has 8 heteroatoms. The van der Waals surface area contributed by atoms with Crippen molar-refractivity contribution < 1.29 is 22.5 Å². The molecule has 1 amide bonds. The van der Waals surface area contributed by atoms with Crippen LogP contribution in [0.2, 0.25) is 0 Å². The molecule has 24 heavy (non-hydrogen) atoms. The van der Waals surface area contributed by atoms with Crippen molar-refractivity contribution in [2.45, 2.75) is 36.7 Å². The number of hydrogen-bond donors (Lipinski definition) is 1. The Morgan fingerprint density at radius 3 is 2.42 bits per heavy atom. The lowest BCUT2D eigenvalue weighted by Gasteiger charge is -2.11. The van der Waals surface area contributed by atoms with Crippen molar-refractivity contribution >= 4 is 17.5 Å². The van der Waals surface area contributed by atoms with Gasteiger partial charge in [-0.3, -0.25) is 4.79 Å². The Labute approximate surface area is 140 Å². The minimum absolute atomic E-state index is 0.0221. The number of primary amides is 1. The van der Waals surface area contributed by atoms with E-state index in [2.05, 4.69) is 5.16 Å². The van der Waals surface area contributed by atoms with Gasteiger partial charge in [0, 0.05) is 16.5 Å². The van der Waals surface area contributed by atoms with Gasteiger partial charge in [0.05, 0.1) is 5.56 Å². The van der Waals surface area contributed by atoms with Gasteiger partial charge in [-0.2, -0.15) is 13.2 Å². The van der Waals surface area contributed by atoms with Gasteiger partial charge in [0.25, 0.3) is 5.91 Å². The Morgan fingerprint density at radius 2 is 1.92 bits per heavy atom. The van der Waals surface area contributed by atoms with Crippen LogP contribution in [0.5, 0.6) is 0 Å². The molecule has 1 heterocycles. The highest BCUT2D eigenvalue weighted by Gasteiger charge is 2.34. The number of hydrogen-bond acceptors (Lipinski definition) is 3. The molecule has 4 nitrogen and oxygen atoms in total. The molecular formula is C16H14ClF3N2O2. The molecule has 2 unspecified atom stereocenters. The number of nitrogens with two attached hydrogens (primary N) is 1. The first-order valence-electron chi connectivity index (χ1n) is 7.38. The van der Waals surface area contributed by atoms with Gasteiger partial charge in [-0.05, 0) is 37.3 Å². The number of nitrogens with zero attached hydrogens (tertiary/aromatic N) is 1. The summed E-state index contributed by atoms with van der Waals surface area (Å²) in [4.78, 5) is 11.6. The fraction of sp³-hybridized carbons (Fsp3) is 0.375. The third-order valence-corrected chi connectivity index (χ3v) is 4.61. The molecule has 1 saturated carbocycles. The maximum Gasteiger partial charge on any atom is 0.416 e. The van der Waals surface area contributed by atoms with Crippen molar-refractivity contribution in [3.05, 3.63) is 41.2 Å². The number of alkyl halides is 4. The van der Waals surface area contributed by atoms with Crippen molar-refractivity contribution in [3.63, 3.8) is 0 Å². The summed E-state index contributed by atoms with van der Waals surface area (Å²) in [7, 11) is 0. The predicted molar refractivity (Wildman–Crippen MR) is 81.7 cm³/mol. The van der Waals surface area contributed by atoms with Gasteiger partial charge in [0.2, 0.25) is 5.76 Å². The van der Waals surface area contributed by atoms with Crippen LogP contribution in [0.4, 0.5) is 13.2 Å². The number of aromatic nitrogens is 1. The molecule has 0 radical (unpaired) electrons. The molecule has 0 spiro atoms. The van der Waals surface area contributed by atoms with E-state index in [0.29, 0.717) is 23.2 Å². The summed E-state index contributed by atoms with van der Waals surface area (Å²) in [6, 6.07) is 4.55. The van der Waals surface area contributed by atoms with Crippen LogP contribution in [0.25, 0.3) is 11.3 Å². The van der Waals surface area contributed by atoms with Crippen LogP contribution in [0.15, 0.2) is 28.8 Å². The van der Waals surface area contributed by atoms with E-state index in [1.165, 1.54) is 12.1 Å². The first kappa shape index (κ1) is 16.8.